The van der Waals surface area contributed by atoms with Crippen LogP contribution in [0.4, 0.5) is 0 Å². The largest absolute Gasteiger partial charge is 0.491 e. The predicted octanol–water partition coefficient (Wildman–Crippen LogP) is 6.22. The number of hydrogen-bond acceptors (Lipinski definition) is 4. The van der Waals surface area contributed by atoms with Crippen molar-refractivity contribution in [3.63, 3.8) is 0 Å². The topological polar surface area (TPSA) is 66.0 Å². The van der Waals surface area contributed by atoms with Gasteiger partial charge in [-0.3, -0.25) is 0 Å². The van der Waals surface area contributed by atoms with Gasteiger partial charge in [-0.1, -0.05) is 31.9 Å². The zero-order valence-electron chi connectivity index (χ0n) is 15.1. The number of ether oxygens (including phenoxy) is 2. The molecule has 0 radical (unpaired) electrons. The molecule has 0 aliphatic heterocycles. The Morgan fingerprint density at radius 2 is 1.08 bits per heavy atom. The van der Waals surface area contributed by atoms with Crippen LogP contribution in [0, 0.1) is 22.7 Å². The van der Waals surface area contributed by atoms with Crippen LogP contribution in [0.5, 0.6) is 11.5 Å². The molecule has 0 unspecified atom stereocenters. The molecule has 0 aromatic heterocycles. The number of nitriles is 2. The van der Waals surface area contributed by atoms with Gasteiger partial charge in [-0.15, -0.1) is 0 Å². The molecule has 136 valence electrons. The van der Waals surface area contributed by atoms with E-state index in [4.69, 9.17) is 20.0 Å². The molecule has 0 aliphatic carbocycles. The Morgan fingerprint density at radius 1 is 0.692 bits per heavy atom. The lowest BCUT2D eigenvalue weighted by Crippen LogP contribution is -2.05. The average Bonchev–Trinajstić information content (AvgIpc) is 2.52. The maximum absolute atomic E-state index is 8.70. The molecule has 0 amide bonds. The van der Waals surface area contributed by atoms with E-state index < -0.39 is 0 Å². The molecule has 0 bridgehead atoms. The third-order valence-corrected chi connectivity index (χ3v) is 3.66. The third kappa shape index (κ3) is 8.38. The number of benzene rings is 2. The highest BCUT2D eigenvalue weighted by Gasteiger charge is 2.03. The van der Waals surface area contributed by atoms with Crippen molar-refractivity contribution in [2.45, 2.75) is 39.9 Å². The first-order chi connectivity index (χ1) is 12.2. The van der Waals surface area contributed by atoms with E-state index in [9.17, 15) is 0 Å². The van der Waals surface area contributed by atoms with E-state index in [1.54, 1.807) is 12.1 Å². The molecular weight excluding hydrogens is 460 g/mol. The van der Waals surface area contributed by atoms with E-state index in [0.29, 0.717) is 16.9 Å². The van der Waals surface area contributed by atoms with E-state index in [1.165, 1.54) is 6.07 Å². The van der Waals surface area contributed by atoms with Gasteiger partial charge in [0.25, 0.3) is 0 Å². The second-order valence-corrected chi connectivity index (χ2v) is 7.74. The van der Waals surface area contributed by atoms with Crippen molar-refractivity contribution in [3.8, 4) is 23.6 Å². The van der Waals surface area contributed by atoms with Crippen LogP contribution in [0.15, 0.2) is 45.3 Å². The number of halogens is 2. The zero-order chi connectivity index (χ0) is 19.7. The molecule has 0 saturated carbocycles. The lowest BCUT2D eigenvalue weighted by Gasteiger charge is -2.09. The first kappa shape index (κ1) is 22.0. The Morgan fingerprint density at radius 3 is 1.42 bits per heavy atom. The van der Waals surface area contributed by atoms with Crippen molar-refractivity contribution in [2.24, 2.45) is 0 Å². The van der Waals surface area contributed by atoms with Crippen LogP contribution in [0.1, 0.15) is 38.8 Å². The molecule has 2 aromatic carbocycles. The van der Waals surface area contributed by atoms with Crippen molar-refractivity contribution in [3.05, 3.63) is 56.5 Å². The summed E-state index contributed by atoms with van der Waals surface area (Å²) in [6.45, 7) is 7.81. The Labute approximate surface area is 171 Å². The lowest BCUT2D eigenvalue weighted by molar-refractivity contribution is 0.242. The van der Waals surface area contributed by atoms with E-state index >= 15 is 0 Å². The van der Waals surface area contributed by atoms with Crippen LogP contribution in [0.3, 0.4) is 0 Å². The van der Waals surface area contributed by atoms with Crippen molar-refractivity contribution in [2.75, 3.05) is 0 Å². The summed E-state index contributed by atoms with van der Waals surface area (Å²) in [5, 5.41) is 17.4. The molecule has 0 N–H and O–H groups in total. The average molecular weight is 480 g/mol. The quantitative estimate of drug-likeness (QED) is 0.522. The van der Waals surface area contributed by atoms with Crippen LogP contribution in [-0.2, 0) is 0 Å². The molecule has 2 aromatic rings. The van der Waals surface area contributed by atoms with Gasteiger partial charge in [0.1, 0.15) is 11.5 Å². The molecule has 0 aliphatic rings. The summed E-state index contributed by atoms with van der Waals surface area (Å²) in [7, 11) is 0. The fourth-order valence-electron chi connectivity index (χ4n) is 1.94. The van der Waals surface area contributed by atoms with Gasteiger partial charge in [-0.05, 0) is 64.1 Å². The Balaban J connectivity index is 0.000000263. The zero-order valence-corrected chi connectivity index (χ0v) is 18.3. The summed E-state index contributed by atoms with van der Waals surface area (Å²) in [5.41, 5.74) is 0.888. The first-order valence-electron chi connectivity index (χ1n) is 7.98. The molecule has 6 heteroatoms. The Bertz CT molecular complexity index is 769. The van der Waals surface area contributed by atoms with E-state index in [2.05, 4.69) is 31.9 Å². The van der Waals surface area contributed by atoms with Crippen LogP contribution < -0.4 is 9.47 Å². The maximum Gasteiger partial charge on any atom is 0.122 e. The highest BCUT2D eigenvalue weighted by atomic mass is 79.9. The van der Waals surface area contributed by atoms with Gasteiger partial charge in [-0.2, -0.15) is 10.5 Å². The summed E-state index contributed by atoms with van der Waals surface area (Å²) in [4.78, 5) is 0. The second kappa shape index (κ2) is 10.9. The molecule has 0 atom stereocenters. The van der Waals surface area contributed by atoms with Crippen LogP contribution in [0.25, 0.3) is 0 Å². The molecule has 0 saturated heterocycles. The van der Waals surface area contributed by atoms with Crippen molar-refractivity contribution in [1.29, 1.82) is 10.5 Å². The molecule has 2 rings (SSSR count). The van der Waals surface area contributed by atoms with Gasteiger partial charge in [0.15, 0.2) is 0 Å². The maximum atomic E-state index is 8.70. The number of nitrogens with zero attached hydrogens (tertiary/aromatic N) is 2. The first-order valence-corrected chi connectivity index (χ1v) is 9.56. The fraction of sp³-hybridized carbons (Fsp3) is 0.300. The van der Waals surface area contributed by atoms with Crippen LogP contribution >= 0.6 is 31.9 Å². The third-order valence-electron chi connectivity index (χ3n) is 2.74. The SMILES string of the molecule is CC(C)Oc1cc(Br)cc(Br)c1.CC(C)Oc1cc(C#N)cc(C#N)c1. The number of hydrogen-bond donors (Lipinski definition) is 0. The monoisotopic (exact) mass is 478 g/mol. The summed E-state index contributed by atoms with van der Waals surface area (Å²) >= 11 is 6.79. The Kier molecular flexibility index (Phi) is 9.19. The highest BCUT2D eigenvalue weighted by molar-refractivity contribution is 9.11. The van der Waals surface area contributed by atoms with Crippen LogP contribution in [0.2, 0.25) is 0 Å². The predicted molar refractivity (Wildman–Crippen MR) is 109 cm³/mol. The summed E-state index contributed by atoms with van der Waals surface area (Å²) in [6, 6.07) is 14.6. The normalized spacial score (nSPS) is 9.77. The summed E-state index contributed by atoms with van der Waals surface area (Å²) in [6.07, 6.45) is 0.252. The fourth-order valence-corrected chi connectivity index (χ4v) is 3.19. The van der Waals surface area contributed by atoms with Gasteiger partial charge in [0.2, 0.25) is 0 Å². The van der Waals surface area contributed by atoms with Gasteiger partial charge in [-0.25, -0.2) is 0 Å². The van der Waals surface area contributed by atoms with Crippen LogP contribution in [-0.4, -0.2) is 12.2 Å². The lowest BCUT2D eigenvalue weighted by atomic mass is 10.1. The molecule has 26 heavy (non-hydrogen) atoms. The standard InChI is InChI=1S/C11H10N2O.C9H10Br2O/c1-8(2)14-11-4-9(6-12)3-10(5-11)7-13;1-6(2)12-9-4-7(10)3-8(11)5-9/h3-5,8H,1-2H3;3-6H,1-2H3. The minimum Gasteiger partial charge on any atom is -0.491 e. The second-order valence-electron chi connectivity index (χ2n) is 5.91. The Hall–Kier alpha value is -2.02. The van der Waals surface area contributed by atoms with Crippen molar-refractivity contribution < 1.29 is 9.47 Å². The minimum atomic E-state index is 0.0375. The molecule has 0 heterocycles. The minimum absolute atomic E-state index is 0.0375. The van der Waals surface area contributed by atoms with Gasteiger partial charge >= 0.3 is 0 Å². The van der Waals surface area contributed by atoms with Crippen molar-refractivity contribution in [1.82, 2.24) is 0 Å². The van der Waals surface area contributed by atoms with Gasteiger partial charge < -0.3 is 9.47 Å². The van der Waals surface area contributed by atoms with E-state index in [0.717, 1.165) is 14.7 Å². The van der Waals surface area contributed by atoms with Crippen molar-refractivity contribution >= 4 is 31.9 Å². The molecule has 4 nitrogen and oxygen atoms in total. The molecule has 0 fully saturated rings. The smallest absolute Gasteiger partial charge is 0.122 e. The van der Waals surface area contributed by atoms with E-state index in [-0.39, 0.29) is 12.2 Å². The van der Waals surface area contributed by atoms with E-state index in [1.807, 2.05) is 58.0 Å². The summed E-state index contributed by atoms with van der Waals surface area (Å²) in [5.74, 6) is 1.45. The van der Waals surface area contributed by atoms with Gasteiger partial charge in [0, 0.05) is 8.95 Å². The number of rotatable bonds is 4. The molecular formula is C20H20Br2N2O2. The summed E-state index contributed by atoms with van der Waals surface area (Å²) < 4.78 is 13.0. The van der Waals surface area contributed by atoms with Gasteiger partial charge in [0.05, 0.1) is 35.5 Å². The highest BCUT2D eigenvalue weighted by Crippen LogP contribution is 2.25. The molecule has 0 spiro atoms.